The Balaban J connectivity index is 3.71. The summed E-state index contributed by atoms with van der Waals surface area (Å²) in [6.45, 7) is 20.9. The van der Waals surface area contributed by atoms with Gasteiger partial charge >= 0.3 is 5.97 Å². The maximum absolute atomic E-state index is 11.9. The third-order valence-electron chi connectivity index (χ3n) is 5.31. The van der Waals surface area contributed by atoms with Gasteiger partial charge in [-0.25, -0.2) is 0 Å². The van der Waals surface area contributed by atoms with Crippen molar-refractivity contribution in [2.45, 2.75) is 82.1 Å². The average molecular weight is 337 g/mol. The first-order valence-electron chi connectivity index (χ1n) is 8.93. The van der Waals surface area contributed by atoms with E-state index in [4.69, 9.17) is 4.74 Å². The van der Waals surface area contributed by atoms with Crippen LogP contribution in [0.1, 0.15) is 82.1 Å². The molecule has 3 nitrogen and oxygen atoms in total. The van der Waals surface area contributed by atoms with Crippen molar-refractivity contribution in [1.29, 1.82) is 0 Å². The van der Waals surface area contributed by atoms with Gasteiger partial charge in [-0.1, -0.05) is 69.2 Å². The SMILES string of the molecule is CCC(=O)OC1=CC(C(C)(C)C)=C(O)C(C(C)(C)C)(C(C)(C)C)C1. The molecule has 0 unspecified atom stereocenters. The molecule has 0 saturated carbocycles. The number of hydrogen-bond donors (Lipinski definition) is 1. The van der Waals surface area contributed by atoms with Crippen LogP contribution in [0.3, 0.4) is 0 Å². The minimum Gasteiger partial charge on any atom is -0.511 e. The zero-order valence-electron chi connectivity index (χ0n) is 17.3. The van der Waals surface area contributed by atoms with Gasteiger partial charge in [0.2, 0.25) is 0 Å². The number of carbonyl (C=O) groups excluding carboxylic acids is 1. The number of allylic oxidation sites excluding steroid dienone is 4. The summed E-state index contributed by atoms with van der Waals surface area (Å²) in [5.74, 6) is 0.869. The molecule has 0 aromatic heterocycles. The van der Waals surface area contributed by atoms with Gasteiger partial charge in [-0.05, 0) is 27.9 Å². The van der Waals surface area contributed by atoms with Crippen molar-refractivity contribution in [2.75, 3.05) is 0 Å². The number of aliphatic hydroxyl groups is 1. The van der Waals surface area contributed by atoms with Gasteiger partial charge < -0.3 is 9.84 Å². The first kappa shape index (κ1) is 20.8. The second-order valence-electron chi connectivity index (χ2n) is 10.0. The standard InChI is InChI=1S/C21H36O3/c1-11-16(22)24-14-12-15(18(2,3)4)17(23)21(13-14,19(5,6)7)20(8,9)10/h12,23H,11,13H2,1-10H3. The van der Waals surface area contributed by atoms with Crippen LogP contribution in [0.25, 0.3) is 0 Å². The Kier molecular flexibility index (Phi) is 5.40. The van der Waals surface area contributed by atoms with Gasteiger partial charge in [0, 0.05) is 18.3 Å². The van der Waals surface area contributed by atoms with Gasteiger partial charge in [-0.2, -0.15) is 0 Å². The van der Waals surface area contributed by atoms with Crippen LogP contribution in [0, 0.1) is 21.7 Å². The van der Waals surface area contributed by atoms with E-state index in [1.165, 1.54) is 0 Å². The molecule has 0 amide bonds. The largest absolute Gasteiger partial charge is 0.511 e. The highest BCUT2D eigenvalue weighted by Gasteiger charge is 2.57. The number of hydrogen-bond acceptors (Lipinski definition) is 3. The Hall–Kier alpha value is -1.25. The van der Waals surface area contributed by atoms with Gasteiger partial charge in [0.25, 0.3) is 0 Å². The average Bonchev–Trinajstić information content (AvgIpc) is 2.36. The summed E-state index contributed by atoms with van der Waals surface area (Å²) in [5.41, 5.74) is -0.303. The molecule has 0 heterocycles. The van der Waals surface area contributed by atoms with E-state index in [2.05, 4.69) is 62.3 Å². The molecule has 0 radical (unpaired) electrons. The molecule has 0 atom stereocenters. The highest BCUT2D eigenvalue weighted by molar-refractivity contribution is 5.70. The Bertz CT molecular complexity index is 543. The molecule has 3 heteroatoms. The zero-order chi connectivity index (χ0) is 19.1. The highest BCUT2D eigenvalue weighted by atomic mass is 16.5. The second-order valence-corrected chi connectivity index (χ2v) is 10.0. The van der Waals surface area contributed by atoms with Crippen molar-refractivity contribution >= 4 is 5.97 Å². The lowest BCUT2D eigenvalue weighted by molar-refractivity contribution is -0.141. The third kappa shape index (κ3) is 3.55. The van der Waals surface area contributed by atoms with Gasteiger partial charge in [0.05, 0.1) is 0 Å². The number of aliphatic hydroxyl groups excluding tert-OH is 1. The zero-order valence-corrected chi connectivity index (χ0v) is 17.3. The van der Waals surface area contributed by atoms with Crippen LogP contribution in [-0.2, 0) is 9.53 Å². The highest BCUT2D eigenvalue weighted by Crippen LogP contribution is 2.62. The molecule has 0 bridgehead atoms. The Morgan fingerprint density at radius 3 is 1.88 bits per heavy atom. The fourth-order valence-corrected chi connectivity index (χ4v) is 4.08. The van der Waals surface area contributed by atoms with Crippen molar-refractivity contribution in [1.82, 2.24) is 0 Å². The molecule has 0 aliphatic heterocycles. The van der Waals surface area contributed by atoms with E-state index in [-0.39, 0.29) is 22.2 Å². The van der Waals surface area contributed by atoms with Crippen molar-refractivity contribution in [3.05, 3.63) is 23.2 Å². The quantitative estimate of drug-likeness (QED) is 0.614. The van der Waals surface area contributed by atoms with Crippen molar-refractivity contribution in [2.24, 2.45) is 21.7 Å². The minimum absolute atomic E-state index is 0.204. The van der Waals surface area contributed by atoms with Gasteiger partial charge in [0.15, 0.2) is 0 Å². The topological polar surface area (TPSA) is 46.5 Å². The molecule has 138 valence electrons. The predicted octanol–water partition coefficient (Wildman–Crippen LogP) is 6.16. The third-order valence-corrected chi connectivity index (χ3v) is 5.31. The van der Waals surface area contributed by atoms with E-state index in [1.54, 1.807) is 6.92 Å². The van der Waals surface area contributed by atoms with Crippen molar-refractivity contribution < 1.29 is 14.6 Å². The lowest BCUT2D eigenvalue weighted by Gasteiger charge is -2.55. The van der Waals surface area contributed by atoms with E-state index in [0.717, 1.165) is 5.57 Å². The van der Waals surface area contributed by atoms with Gasteiger partial charge in [0.1, 0.15) is 11.5 Å². The predicted molar refractivity (Wildman–Crippen MR) is 99.5 cm³/mol. The Morgan fingerprint density at radius 2 is 1.54 bits per heavy atom. The second kappa shape index (κ2) is 6.24. The Labute approximate surface area is 148 Å². The van der Waals surface area contributed by atoms with Crippen LogP contribution in [0.4, 0.5) is 0 Å². The van der Waals surface area contributed by atoms with Gasteiger partial charge in [-0.15, -0.1) is 0 Å². The molecule has 0 saturated heterocycles. The Morgan fingerprint density at radius 1 is 1.08 bits per heavy atom. The molecule has 0 aromatic rings. The monoisotopic (exact) mass is 336 g/mol. The molecule has 24 heavy (non-hydrogen) atoms. The molecular formula is C21H36O3. The molecule has 0 aromatic carbocycles. The summed E-state index contributed by atoms with van der Waals surface area (Å²) in [5, 5.41) is 11.4. The van der Waals surface area contributed by atoms with E-state index >= 15 is 0 Å². The lowest BCUT2D eigenvalue weighted by Crippen LogP contribution is -2.50. The summed E-state index contributed by atoms with van der Waals surface area (Å²) in [6.07, 6.45) is 2.74. The fraction of sp³-hybridized carbons (Fsp3) is 0.762. The van der Waals surface area contributed by atoms with Crippen molar-refractivity contribution in [3.63, 3.8) is 0 Å². The maximum Gasteiger partial charge on any atom is 0.310 e. The van der Waals surface area contributed by atoms with Crippen LogP contribution in [-0.4, -0.2) is 11.1 Å². The summed E-state index contributed by atoms with van der Waals surface area (Å²) < 4.78 is 5.64. The van der Waals surface area contributed by atoms with Crippen molar-refractivity contribution in [3.8, 4) is 0 Å². The van der Waals surface area contributed by atoms with E-state index < -0.39 is 5.41 Å². The lowest BCUT2D eigenvalue weighted by atomic mass is 9.49. The van der Waals surface area contributed by atoms with E-state index in [0.29, 0.717) is 24.4 Å². The smallest absolute Gasteiger partial charge is 0.310 e. The van der Waals surface area contributed by atoms with E-state index in [9.17, 15) is 9.90 Å². The molecule has 1 aliphatic carbocycles. The molecule has 1 N–H and O–H groups in total. The minimum atomic E-state index is -0.513. The van der Waals surface area contributed by atoms with Crippen LogP contribution < -0.4 is 0 Å². The van der Waals surface area contributed by atoms with Crippen LogP contribution in [0.2, 0.25) is 0 Å². The first-order chi connectivity index (χ1) is 10.6. The molecule has 0 fully saturated rings. The normalized spacial score (nSPS) is 19.2. The number of ether oxygens (including phenoxy) is 1. The molecule has 1 rings (SSSR count). The van der Waals surface area contributed by atoms with Crippen LogP contribution >= 0.6 is 0 Å². The van der Waals surface area contributed by atoms with Crippen LogP contribution in [0.15, 0.2) is 23.2 Å². The summed E-state index contributed by atoms with van der Waals surface area (Å²) in [7, 11) is 0. The number of carbonyl (C=O) groups is 1. The van der Waals surface area contributed by atoms with Crippen LogP contribution in [0.5, 0.6) is 0 Å². The summed E-state index contributed by atoms with van der Waals surface area (Å²) >= 11 is 0. The van der Waals surface area contributed by atoms with E-state index in [1.807, 2.05) is 6.08 Å². The molecule has 1 aliphatic rings. The summed E-state index contributed by atoms with van der Waals surface area (Å²) in [6, 6.07) is 0. The first-order valence-corrected chi connectivity index (χ1v) is 8.93. The molecular weight excluding hydrogens is 300 g/mol. The number of rotatable bonds is 2. The number of esters is 1. The van der Waals surface area contributed by atoms with Gasteiger partial charge in [-0.3, -0.25) is 4.79 Å². The maximum atomic E-state index is 11.9. The summed E-state index contributed by atoms with van der Waals surface area (Å²) in [4.78, 5) is 11.9. The fourth-order valence-electron chi connectivity index (χ4n) is 4.08. The molecule has 0 spiro atoms.